The molecule has 1 aromatic carbocycles. The Bertz CT molecular complexity index is 503. The van der Waals surface area contributed by atoms with Gasteiger partial charge in [0.2, 0.25) is 0 Å². The van der Waals surface area contributed by atoms with Gasteiger partial charge in [0.25, 0.3) is 0 Å². The molecule has 2 aliphatic rings. The minimum atomic E-state index is -0.755. The lowest BCUT2D eigenvalue weighted by atomic mass is 9.75. The number of fused-ring (bicyclic) bond motifs is 2. The molecule has 1 fully saturated rings. The molecule has 0 spiro atoms. The highest BCUT2D eigenvalue weighted by Gasteiger charge is 2.41. The van der Waals surface area contributed by atoms with Crippen LogP contribution in [0.3, 0.4) is 0 Å². The Hall–Kier alpha value is -1.75. The average molecular weight is 262 g/mol. The smallest absolute Gasteiger partial charge is 0.311 e. The Balaban J connectivity index is 2.05. The summed E-state index contributed by atoms with van der Waals surface area (Å²) in [6, 6.07) is 5.86. The van der Waals surface area contributed by atoms with E-state index < -0.39 is 11.9 Å². The number of piperidine rings is 1. The monoisotopic (exact) mass is 262 g/mol. The van der Waals surface area contributed by atoms with Crippen LogP contribution in [0.25, 0.3) is 0 Å². The number of aliphatic carboxylic acids is 1. The normalized spacial score (nSPS) is 28.8. The maximum absolute atomic E-state index is 11.7. The first-order chi connectivity index (χ1) is 9.20. The van der Waals surface area contributed by atoms with Crippen LogP contribution in [-0.2, 0) is 4.79 Å². The summed E-state index contributed by atoms with van der Waals surface area (Å²) in [6.45, 7) is 1.68. The third-order valence-electron chi connectivity index (χ3n) is 4.16. The number of nitrogens with one attached hydrogen (secondary N) is 2. The van der Waals surface area contributed by atoms with E-state index in [4.69, 9.17) is 4.74 Å². The number of carboxylic acid groups (broad SMARTS) is 1. The van der Waals surface area contributed by atoms with Crippen LogP contribution in [0.15, 0.2) is 18.2 Å². The molecule has 2 aliphatic heterocycles. The zero-order valence-corrected chi connectivity index (χ0v) is 10.8. The fraction of sp³-hybridized carbons (Fsp3) is 0.500. The summed E-state index contributed by atoms with van der Waals surface area (Å²) in [6.07, 6.45) is 0.958. The molecule has 1 saturated heterocycles. The van der Waals surface area contributed by atoms with Crippen LogP contribution < -0.4 is 15.4 Å². The number of anilines is 1. The molecule has 0 bridgehead atoms. The molecule has 2 heterocycles. The average Bonchev–Trinajstić information content (AvgIpc) is 2.43. The molecule has 1 aromatic rings. The van der Waals surface area contributed by atoms with Gasteiger partial charge >= 0.3 is 5.97 Å². The van der Waals surface area contributed by atoms with Crippen LogP contribution in [0.2, 0.25) is 0 Å². The number of hydrogen-bond acceptors (Lipinski definition) is 4. The van der Waals surface area contributed by atoms with Crippen molar-refractivity contribution < 1.29 is 14.6 Å². The van der Waals surface area contributed by atoms with Gasteiger partial charge in [-0.15, -0.1) is 0 Å². The number of carboxylic acids is 1. The summed E-state index contributed by atoms with van der Waals surface area (Å²) < 4.78 is 5.21. The number of benzene rings is 1. The van der Waals surface area contributed by atoms with Gasteiger partial charge in [-0.05, 0) is 36.7 Å². The summed E-state index contributed by atoms with van der Waals surface area (Å²) in [5.41, 5.74) is 1.76. The van der Waals surface area contributed by atoms with E-state index in [-0.39, 0.29) is 12.0 Å². The van der Waals surface area contributed by atoms with E-state index in [1.807, 2.05) is 18.2 Å². The van der Waals surface area contributed by atoms with Gasteiger partial charge in [0.1, 0.15) is 5.75 Å². The van der Waals surface area contributed by atoms with Crippen LogP contribution in [0, 0.1) is 5.92 Å². The largest absolute Gasteiger partial charge is 0.497 e. The highest BCUT2D eigenvalue weighted by atomic mass is 16.5. The highest BCUT2D eigenvalue weighted by Crippen LogP contribution is 2.41. The van der Waals surface area contributed by atoms with Gasteiger partial charge < -0.3 is 20.5 Å². The van der Waals surface area contributed by atoms with E-state index in [9.17, 15) is 9.90 Å². The van der Waals surface area contributed by atoms with Gasteiger partial charge in [0.05, 0.1) is 13.0 Å². The van der Waals surface area contributed by atoms with Crippen LogP contribution in [0.4, 0.5) is 5.69 Å². The highest BCUT2D eigenvalue weighted by molar-refractivity contribution is 5.81. The predicted octanol–water partition coefficient (Wildman–Crippen LogP) is 1.27. The Morgan fingerprint density at radius 3 is 3.05 bits per heavy atom. The molecule has 0 aromatic heterocycles. The van der Waals surface area contributed by atoms with E-state index >= 15 is 0 Å². The van der Waals surface area contributed by atoms with Crippen molar-refractivity contribution in [1.82, 2.24) is 5.32 Å². The maximum atomic E-state index is 11.7. The van der Waals surface area contributed by atoms with Crippen LogP contribution in [0.1, 0.15) is 17.9 Å². The molecular formula is C14H18N2O3. The number of methoxy groups -OCH3 is 1. The fourth-order valence-corrected chi connectivity index (χ4v) is 3.22. The van der Waals surface area contributed by atoms with E-state index in [2.05, 4.69) is 10.6 Å². The topological polar surface area (TPSA) is 70.6 Å². The number of carbonyl (C=O) groups is 1. The number of ether oxygens (including phenoxy) is 1. The first-order valence-corrected chi connectivity index (χ1v) is 6.58. The summed E-state index contributed by atoms with van der Waals surface area (Å²) in [5.74, 6) is -0.432. The summed E-state index contributed by atoms with van der Waals surface area (Å²) >= 11 is 0. The lowest BCUT2D eigenvalue weighted by Crippen LogP contribution is -2.50. The van der Waals surface area contributed by atoms with Crippen molar-refractivity contribution in [3.05, 3.63) is 23.8 Å². The first-order valence-electron chi connectivity index (χ1n) is 6.58. The molecule has 3 rings (SSSR count). The van der Waals surface area contributed by atoms with Crippen molar-refractivity contribution in [2.45, 2.75) is 18.4 Å². The summed E-state index contributed by atoms with van der Waals surface area (Å²) in [4.78, 5) is 11.7. The van der Waals surface area contributed by atoms with Crippen molar-refractivity contribution in [3.63, 3.8) is 0 Å². The minimum absolute atomic E-state index is 0.0888. The number of rotatable bonds is 2. The summed E-state index contributed by atoms with van der Waals surface area (Å²) in [5, 5.41) is 16.4. The molecule has 5 nitrogen and oxygen atoms in total. The van der Waals surface area contributed by atoms with Crippen molar-refractivity contribution in [2.75, 3.05) is 25.5 Å². The number of hydrogen-bond donors (Lipinski definition) is 3. The molecule has 3 atom stereocenters. The zero-order valence-electron chi connectivity index (χ0n) is 10.8. The standard InChI is InChI=1S/C14H18N2O3/c1-19-8-2-3-11-9(6-8)13(14(17)18)10-7-15-5-4-12(10)16-11/h2-3,6,10,12-13,15-16H,4-5,7H2,1H3,(H,17,18). The minimum Gasteiger partial charge on any atom is -0.497 e. The molecule has 3 unspecified atom stereocenters. The summed E-state index contributed by atoms with van der Waals surface area (Å²) in [7, 11) is 1.60. The molecule has 0 saturated carbocycles. The van der Waals surface area contributed by atoms with E-state index in [1.165, 1.54) is 0 Å². The van der Waals surface area contributed by atoms with Crippen LogP contribution in [0.5, 0.6) is 5.75 Å². The lowest BCUT2D eigenvalue weighted by Gasteiger charge is -2.42. The molecule has 0 radical (unpaired) electrons. The van der Waals surface area contributed by atoms with Crippen molar-refractivity contribution in [3.8, 4) is 5.75 Å². The van der Waals surface area contributed by atoms with Gasteiger partial charge in [-0.1, -0.05) is 0 Å². The third-order valence-corrected chi connectivity index (χ3v) is 4.16. The lowest BCUT2D eigenvalue weighted by molar-refractivity contribution is -0.140. The molecule has 102 valence electrons. The van der Waals surface area contributed by atoms with E-state index in [1.54, 1.807) is 7.11 Å². The molecule has 5 heteroatoms. The molecular weight excluding hydrogens is 244 g/mol. The Morgan fingerprint density at radius 1 is 1.47 bits per heavy atom. The predicted molar refractivity (Wildman–Crippen MR) is 71.8 cm³/mol. The third kappa shape index (κ3) is 2.04. The van der Waals surface area contributed by atoms with Gasteiger partial charge in [0, 0.05) is 24.2 Å². The Morgan fingerprint density at radius 2 is 2.32 bits per heavy atom. The SMILES string of the molecule is COc1ccc2c(c1)C(C(=O)O)C1CNCCC1N2. The second-order valence-corrected chi connectivity index (χ2v) is 5.18. The maximum Gasteiger partial charge on any atom is 0.311 e. The van der Waals surface area contributed by atoms with E-state index in [0.717, 1.165) is 30.8 Å². The second-order valence-electron chi connectivity index (χ2n) is 5.18. The molecule has 3 N–H and O–H groups in total. The first kappa shape index (κ1) is 12.3. The van der Waals surface area contributed by atoms with Crippen molar-refractivity contribution in [1.29, 1.82) is 0 Å². The Kier molecular flexibility index (Phi) is 3.06. The van der Waals surface area contributed by atoms with Crippen molar-refractivity contribution in [2.24, 2.45) is 5.92 Å². The Labute approximate surface area is 112 Å². The van der Waals surface area contributed by atoms with Gasteiger partial charge in [-0.25, -0.2) is 0 Å². The van der Waals surface area contributed by atoms with Crippen molar-refractivity contribution >= 4 is 11.7 Å². The fourth-order valence-electron chi connectivity index (χ4n) is 3.22. The van der Waals surface area contributed by atoms with Gasteiger partial charge in [0.15, 0.2) is 0 Å². The van der Waals surface area contributed by atoms with Crippen LogP contribution >= 0.6 is 0 Å². The van der Waals surface area contributed by atoms with E-state index in [0.29, 0.717) is 5.75 Å². The molecule has 0 amide bonds. The second kappa shape index (κ2) is 4.74. The van der Waals surface area contributed by atoms with Gasteiger partial charge in [-0.2, -0.15) is 0 Å². The zero-order chi connectivity index (χ0) is 13.4. The molecule has 0 aliphatic carbocycles. The van der Waals surface area contributed by atoms with Crippen LogP contribution in [-0.4, -0.2) is 37.3 Å². The quantitative estimate of drug-likeness (QED) is 0.748. The van der Waals surface area contributed by atoms with Gasteiger partial charge in [-0.3, -0.25) is 4.79 Å². The molecule has 19 heavy (non-hydrogen) atoms.